The van der Waals surface area contributed by atoms with Gasteiger partial charge in [-0.25, -0.2) is 4.98 Å². The van der Waals surface area contributed by atoms with E-state index >= 15 is 0 Å². The van der Waals surface area contributed by atoms with Gasteiger partial charge in [-0.1, -0.05) is 47.1 Å². The van der Waals surface area contributed by atoms with E-state index in [-0.39, 0.29) is 69.0 Å². The number of carbonyl (C=O) groups is 3. The van der Waals surface area contributed by atoms with Crippen molar-refractivity contribution < 1.29 is 62.7 Å². The summed E-state index contributed by atoms with van der Waals surface area (Å²) in [7, 11) is 1.51. The molecule has 16 heteroatoms. The number of anilines is 1. The van der Waals surface area contributed by atoms with E-state index in [1.165, 1.54) is 32.8 Å². The molecule has 356 valence electrons. The maximum absolute atomic E-state index is 14.9. The van der Waals surface area contributed by atoms with Crippen molar-refractivity contribution in [3.05, 3.63) is 39.5 Å². The molecule has 0 saturated heterocycles. The van der Waals surface area contributed by atoms with E-state index in [0.717, 1.165) is 19.6 Å². The van der Waals surface area contributed by atoms with Gasteiger partial charge in [0.1, 0.15) is 47.5 Å². The van der Waals surface area contributed by atoms with Crippen molar-refractivity contribution in [1.82, 2.24) is 4.98 Å². The molecule has 1 amide bonds. The molecule has 65 heavy (non-hydrogen) atoms. The van der Waals surface area contributed by atoms with Gasteiger partial charge in [-0.2, -0.15) is 0 Å². The van der Waals surface area contributed by atoms with Gasteiger partial charge in [0.15, 0.2) is 22.3 Å². The number of aromatic nitrogens is 1. The standard InChI is InChI=1S/C49H67N3O13/c1-12-52(13-2)21-23-61-32-18-15-19-33-37(32)50-38-34-35-42(56)29(8)45-36(34)47(58)49(10,65-45)62-22-20-31(60-11)26(5)44(63-30(9)53)28(7)41(55)27(6)40(54)24(3)16-14-17-25(4)48(59)51-39(43(35)57)46(38)64-33/h15,18-19,24-28,31,40-41,44,54-55,57H,12-14,16-17,20-23H2,1-11H3,(H,51,59)/p+1/t24-,25+,26+,27+,28+,31-,40-,41+,44+,49-/m0/s1. The van der Waals surface area contributed by atoms with Crippen LogP contribution in [0, 0.1) is 36.5 Å². The predicted molar refractivity (Wildman–Crippen MR) is 245 cm³/mol. The number of aromatic hydroxyl groups is 1. The largest absolute Gasteiger partial charge is 0.505 e. The number of likely N-dealkylation sites (N-methyl/N-ethyl adjacent to an activating group) is 1. The summed E-state index contributed by atoms with van der Waals surface area (Å²) >= 11 is 0. The topological polar surface area (TPSA) is 218 Å². The average Bonchev–Trinajstić information content (AvgIpc) is 3.55. The zero-order valence-corrected chi connectivity index (χ0v) is 39.7. The van der Waals surface area contributed by atoms with Gasteiger partial charge in [0.2, 0.25) is 11.7 Å². The summed E-state index contributed by atoms with van der Waals surface area (Å²) in [6.07, 6.45) is -1.78. The van der Waals surface area contributed by atoms with E-state index in [0.29, 0.717) is 37.1 Å². The average molecular weight is 907 g/mol. The lowest BCUT2D eigenvalue weighted by molar-refractivity contribution is -0.896. The van der Waals surface area contributed by atoms with Crippen molar-refractivity contribution in [3.63, 3.8) is 0 Å². The van der Waals surface area contributed by atoms with Gasteiger partial charge in [-0.15, -0.1) is 0 Å². The van der Waals surface area contributed by atoms with Crippen LogP contribution in [0.2, 0.25) is 0 Å². The second-order valence-electron chi connectivity index (χ2n) is 18.4. The number of nitrogens with zero attached hydrogens (tertiary/aromatic N) is 1. The van der Waals surface area contributed by atoms with Gasteiger partial charge in [0.25, 0.3) is 5.79 Å². The fourth-order valence-corrected chi connectivity index (χ4v) is 9.68. The number of carbonyl (C=O) groups excluding carboxylic acids is 3. The van der Waals surface area contributed by atoms with Gasteiger partial charge in [-0.3, -0.25) is 19.2 Å². The Balaban J connectivity index is 1.52. The van der Waals surface area contributed by atoms with Crippen LogP contribution >= 0.6 is 0 Å². The second-order valence-corrected chi connectivity index (χ2v) is 18.4. The number of aliphatic hydroxyl groups excluding tert-OH is 2. The monoisotopic (exact) mass is 906 g/mol. The molecule has 10 atom stereocenters. The quantitative estimate of drug-likeness (QED) is 0.0641. The number of benzene rings is 3. The Morgan fingerprint density at radius 3 is 2.34 bits per heavy atom. The first kappa shape index (κ1) is 49.6. The van der Waals surface area contributed by atoms with E-state index in [1.807, 2.05) is 13.8 Å². The number of methoxy groups -OCH3 is 1. The Kier molecular flexibility index (Phi) is 15.5. The maximum atomic E-state index is 14.9. The summed E-state index contributed by atoms with van der Waals surface area (Å²) in [6.45, 7) is 20.3. The minimum absolute atomic E-state index is 0.0145. The highest BCUT2D eigenvalue weighted by Gasteiger charge is 2.49. The summed E-state index contributed by atoms with van der Waals surface area (Å²) in [5.41, 5.74) is -0.349. The molecule has 16 nitrogen and oxygen atoms in total. The predicted octanol–water partition coefficient (Wildman–Crippen LogP) is 5.48. The van der Waals surface area contributed by atoms with Crippen LogP contribution in [0.4, 0.5) is 5.69 Å². The lowest BCUT2D eigenvalue weighted by atomic mass is 9.77. The van der Waals surface area contributed by atoms with Crippen molar-refractivity contribution in [1.29, 1.82) is 0 Å². The van der Waals surface area contributed by atoms with Crippen LogP contribution in [-0.2, 0) is 23.8 Å². The number of nitrogens with one attached hydrogen (secondary N) is 2. The first-order chi connectivity index (χ1) is 30.8. The molecular weight excluding hydrogens is 839 g/mol. The lowest BCUT2D eigenvalue weighted by Gasteiger charge is -2.39. The number of rotatable bonds is 8. The number of phenols is 1. The molecule has 0 saturated carbocycles. The number of hydrogen-bond donors (Lipinski definition) is 5. The molecule has 0 aliphatic carbocycles. The number of ether oxygens (including phenoxy) is 5. The first-order valence-electron chi connectivity index (χ1n) is 23.1. The van der Waals surface area contributed by atoms with Crippen LogP contribution in [0.1, 0.15) is 104 Å². The number of amides is 1. The molecule has 4 bridgehead atoms. The van der Waals surface area contributed by atoms with Crippen molar-refractivity contribution >= 4 is 56.3 Å². The Morgan fingerprint density at radius 1 is 0.969 bits per heavy atom. The van der Waals surface area contributed by atoms with Crippen LogP contribution in [0.3, 0.4) is 0 Å². The Morgan fingerprint density at radius 2 is 1.68 bits per heavy atom. The van der Waals surface area contributed by atoms with E-state index in [1.54, 1.807) is 39.0 Å². The highest BCUT2D eigenvalue weighted by atomic mass is 16.7. The number of Topliss-reactive ketones (excluding diaryl/α,β-unsaturated/α-hetero) is 1. The Bertz CT molecular complexity index is 2470. The molecule has 2 aliphatic heterocycles. The molecule has 6 rings (SSSR count). The molecule has 2 aliphatic rings. The normalized spacial score (nSPS) is 28.6. The van der Waals surface area contributed by atoms with E-state index < -0.39 is 82.7 Å². The summed E-state index contributed by atoms with van der Waals surface area (Å²) in [5.74, 6) is -6.47. The molecule has 0 fully saturated rings. The third-order valence-electron chi connectivity index (χ3n) is 14.0. The molecule has 0 spiro atoms. The second kappa shape index (κ2) is 20.3. The smallest absolute Gasteiger partial charge is 0.302 e. The summed E-state index contributed by atoms with van der Waals surface area (Å²) in [5, 5.41) is 37.8. The minimum Gasteiger partial charge on any atom is -0.505 e. The molecule has 1 aromatic heterocycles. The molecule has 0 radical (unpaired) electrons. The van der Waals surface area contributed by atoms with Crippen LogP contribution in [0.15, 0.2) is 27.4 Å². The molecule has 4 aromatic rings. The number of esters is 1. The Hall–Kier alpha value is -4.87. The lowest BCUT2D eigenvalue weighted by Crippen LogP contribution is -3.12. The number of hydrogen-bond acceptors (Lipinski definition) is 14. The fourth-order valence-electron chi connectivity index (χ4n) is 9.68. The van der Waals surface area contributed by atoms with Crippen LogP contribution in [0.25, 0.3) is 33.0 Å². The molecule has 0 unspecified atom stereocenters. The number of para-hydroxylation sites is 1. The SMILES string of the molecule is CC[NH+](CC)CCOc1cccc2oc3c4c(O)c5c(=O)c(C)c6c(c5c3nc12)C(=O)[C@@](C)(OCC[C@H](OC)[C@@H](C)[C@@H](OC(C)=O)[C@H](C)[C@H](O)[C@H](C)[C@@H](O)[C@@H](C)CCC[C@@H](C)C(=O)N4)O6. The number of phenolic OH excluding ortho intramolecular Hbond substituents is 1. The molecule has 3 heterocycles. The van der Waals surface area contributed by atoms with Gasteiger partial charge < -0.3 is 53.6 Å². The maximum Gasteiger partial charge on any atom is 0.302 e. The van der Waals surface area contributed by atoms with Crippen LogP contribution < -0.4 is 25.1 Å². The summed E-state index contributed by atoms with van der Waals surface area (Å²) in [4.78, 5) is 62.2. The molecule has 5 N–H and O–H groups in total. The van der Waals surface area contributed by atoms with E-state index in [9.17, 15) is 34.5 Å². The molecule has 3 aromatic carbocycles. The third kappa shape index (κ3) is 9.69. The van der Waals surface area contributed by atoms with Gasteiger partial charge in [0.05, 0.1) is 49.0 Å². The van der Waals surface area contributed by atoms with Crippen molar-refractivity contribution in [3.8, 4) is 17.2 Å². The van der Waals surface area contributed by atoms with Crippen molar-refractivity contribution in [2.45, 2.75) is 125 Å². The van der Waals surface area contributed by atoms with E-state index in [4.69, 9.17) is 33.1 Å². The third-order valence-corrected chi connectivity index (χ3v) is 14.0. The van der Waals surface area contributed by atoms with Crippen LogP contribution in [0.5, 0.6) is 17.2 Å². The van der Waals surface area contributed by atoms with Crippen molar-refractivity contribution in [2.24, 2.45) is 29.6 Å². The summed E-state index contributed by atoms with van der Waals surface area (Å²) < 4.78 is 37.1. The van der Waals surface area contributed by atoms with Gasteiger partial charge >= 0.3 is 5.97 Å². The number of quaternary nitrogens is 1. The fraction of sp³-hybridized carbons (Fsp3) is 0.612. The Labute approximate surface area is 379 Å². The highest BCUT2D eigenvalue weighted by Crippen LogP contribution is 2.49. The zero-order chi connectivity index (χ0) is 47.7. The number of aliphatic hydroxyl groups is 2. The van der Waals surface area contributed by atoms with Crippen molar-refractivity contribution in [2.75, 3.05) is 45.3 Å². The van der Waals surface area contributed by atoms with E-state index in [2.05, 4.69) is 19.2 Å². The summed E-state index contributed by atoms with van der Waals surface area (Å²) in [6, 6.07) is 5.17. The number of ketones is 1. The highest BCUT2D eigenvalue weighted by molar-refractivity contribution is 6.26. The van der Waals surface area contributed by atoms with Crippen LogP contribution in [-0.4, -0.2) is 108 Å². The van der Waals surface area contributed by atoms with Gasteiger partial charge in [-0.05, 0) is 58.1 Å². The number of fused-ring (bicyclic) bond motifs is 2. The first-order valence-corrected chi connectivity index (χ1v) is 23.1. The molecular formula is C49H68N3O13+. The zero-order valence-electron chi connectivity index (χ0n) is 39.7. The minimum atomic E-state index is -1.95. The van der Waals surface area contributed by atoms with Gasteiger partial charge in [0, 0.05) is 55.6 Å².